The highest BCUT2D eigenvalue weighted by Gasteiger charge is 2.37. The molecule has 1 amide bonds. The summed E-state index contributed by atoms with van der Waals surface area (Å²) in [5, 5.41) is 5.93. The smallest absolute Gasteiger partial charge is 0.234 e. The Hall–Kier alpha value is -2.12. The normalized spacial score (nSPS) is 17.9. The Morgan fingerprint density at radius 2 is 1.90 bits per heavy atom. The molecule has 158 valence electrons. The summed E-state index contributed by atoms with van der Waals surface area (Å²) in [5.74, 6) is 1.07. The number of benzene rings is 1. The standard InChI is InChI=1S/C23H27N3O2S2/c1-2-28-18-11-9-17(10-12-18)24-20(27)16-30-22-21(19-8-7-15-29-19)25-23(26-22)13-5-3-4-6-14-23/h7-12,15H,2-6,13-14,16H2,1H3,(H,24,27). The monoisotopic (exact) mass is 441 g/mol. The zero-order valence-electron chi connectivity index (χ0n) is 17.2. The highest BCUT2D eigenvalue weighted by molar-refractivity contribution is 8.16. The number of ether oxygens (including phenoxy) is 1. The zero-order valence-corrected chi connectivity index (χ0v) is 18.9. The highest BCUT2D eigenvalue weighted by atomic mass is 32.2. The molecule has 1 aromatic carbocycles. The molecule has 1 fully saturated rings. The van der Waals surface area contributed by atoms with Crippen molar-refractivity contribution in [3.05, 3.63) is 46.7 Å². The predicted octanol–water partition coefficient (Wildman–Crippen LogP) is 5.77. The van der Waals surface area contributed by atoms with Crippen molar-refractivity contribution in [2.75, 3.05) is 17.7 Å². The van der Waals surface area contributed by atoms with Crippen LogP contribution in [-0.4, -0.2) is 34.7 Å². The Labute approximate surface area is 186 Å². The summed E-state index contributed by atoms with van der Waals surface area (Å²) < 4.78 is 5.45. The van der Waals surface area contributed by atoms with E-state index in [0.29, 0.717) is 12.4 Å². The second kappa shape index (κ2) is 9.79. The molecule has 1 N–H and O–H groups in total. The number of carbonyl (C=O) groups is 1. The van der Waals surface area contributed by atoms with E-state index >= 15 is 0 Å². The van der Waals surface area contributed by atoms with Crippen molar-refractivity contribution in [2.45, 2.75) is 51.1 Å². The van der Waals surface area contributed by atoms with Crippen molar-refractivity contribution in [3.63, 3.8) is 0 Å². The van der Waals surface area contributed by atoms with Gasteiger partial charge in [-0.15, -0.1) is 11.3 Å². The van der Waals surface area contributed by atoms with E-state index in [-0.39, 0.29) is 11.6 Å². The minimum Gasteiger partial charge on any atom is -0.494 e. The van der Waals surface area contributed by atoms with Gasteiger partial charge in [0.2, 0.25) is 5.91 Å². The summed E-state index contributed by atoms with van der Waals surface area (Å²) in [5.41, 5.74) is 1.42. The molecule has 0 atom stereocenters. The molecule has 0 unspecified atom stereocenters. The number of hydrogen-bond acceptors (Lipinski definition) is 6. The van der Waals surface area contributed by atoms with Crippen LogP contribution >= 0.6 is 23.1 Å². The highest BCUT2D eigenvalue weighted by Crippen LogP contribution is 2.38. The molecule has 2 aliphatic rings. The van der Waals surface area contributed by atoms with Crippen molar-refractivity contribution < 1.29 is 9.53 Å². The average molecular weight is 442 g/mol. The maximum Gasteiger partial charge on any atom is 0.234 e. The maximum atomic E-state index is 12.5. The lowest BCUT2D eigenvalue weighted by atomic mass is 10.0. The van der Waals surface area contributed by atoms with Gasteiger partial charge in [0.1, 0.15) is 16.5 Å². The molecule has 2 aromatic rings. The molecule has 1 spiro atoms. The van der Waals surface area contributed by atoms with Gasteiger partial charge in [-0.3, -0.25) is 9.79 Å². The number of rotatable bonds is 6. The van der Waals surface area contributed by atoms with E-state index in [0.717, 1.165) is 39.9 Å². The lowest BCUT2D eigenvalue weighted by Gasteiger charge is -2.20. The minimum atomic E-state index is -0.316. The van der Waals surface area contributed by atoms with Crippen LogP contribution in [-0.2, 0) is 4.79 Å². The van der Waals surface area contributed by atoms with Gasteiger partial charge in [0.25, 0.3) is 0 Å². The number of amides is 1. The first-order chi connectivity index (χ1) is 14.7. The molecule has 2 heterocycles. The van der Waals surface area contributed by atoms with E-state index in [9.17, 15) is 4.79 Å². The third kappa shape index (κ3) is 5.13. The van der Waals surface area contributed by atoms with Gasteiger partial charge in [0, 0.05) is 5.69 Å². The first-order valence-electron chi connectivity index (χ1n) is 10.6. The van der Waals surface area contributed by atoms with Gasteiger partial charge in [-0.1, -0.05) is 30.7 Å². The van der Waals surface area contributed by atoms with E-state index in [4.69, 9.17) is 14.7 Å². The van der Waals surface area contributed by atoms with Crippen molar-refractivity contribution in [1.82, 2.24) is 0 Å². The predicted molar refractivity (Wildman–Crippen MR) is 127 cm³/mol. The zero-order chi connectivity index (χ0) is 20.8. The number of carbonyl (C=O) groups excluding carboxylic acids is 1. The Bertz CT molecular complexity index is 912. The summed E-state index contributed by atoms with van der Waals surface area (Å²) in [6.45, 7) is 2.58. The average Bonchev–Trinajstić information content (AvgIpc) is 3.33. The van der Waals surface area contributed by atoms with E-state index in [1.54, 1.807) is 11.3 Å². The number of thiophene rings is 1. The van der Waals surface area contributed by atoms with Gasteiger partial charge in [0.05, 0.1) is 17.2 Å². The number of aliphatic imine (C=N–C) groups is 2. The van der Waals surface area contributed by atoms with E-state index in [1.165, 1.54) is 37.4 Å². The van der Waals surface area contributed by atoms with Gasteiger partial charge in [-0.05, 0) is 68.3 Å². The molecule has 0 saturated heterocycles. The molecule has 1 aliphatic carbocycles. The van der Waals surface area contributed by atoms with E-state index < -0.39 is 0 Å². The molecule has 1 saturated carbocycles. The Kier molecular flexibility index (Phi) is 6.89. The fraction of sp³-hybridized carbons (Fsp3) is 0.435. The summed E-state index contributed by atoms with van der Waals surface area (Å²) in [6.07, 6.45) is 6.86. The minimum absolute atomic E-state index is 0.0424. The largest absolute Gasteiger partial charge is 0.494 e. The Morgan fingerprint density at radius 3 is 2.57 bits per heavy atom. The molecule has 0 radical (unpaired) electrons. The molecular weight excluding hydrogens is 414 g/mol. The number of thioether (sulfide) groups is 1. The fourth-order valence-electron chi connectivity index (χ4n) is 3.85. The van der Waals surface area contributed by atoms with Crippen LogP contribution in [0.2, 0.25) is 0 Å². The third-order valence-corrected chi connectivity index (χ3v) is 7.12. The molecule has 7 heteroatoms. The van der Waals surface area contributed by atoms with Crippen molar-refractivity contribution in [2.24, 2.45) is 9.98 Å². The molecule has 0 bridgehead atoms. The summed E-state index contributed by atoms with van der Waals surface area (Å²) in [7, 11) is 0. The first kappa shape index (κ1) is 21.1. The van der Waals surface area contributed by atoms with Crippen LogP contribution in [0, 0.1) is 0 Å². The van der Waals surface area contributed by atoms with Gasteiger partial charge in [-0.25, -0.2) is 4.99 Å². The topological polar surface area (TPSA) is 63.0 Å². The summed E-state index contributed by atoms with van der Waals surface area (Å²) >= 11 is 3.17. The molecular formula is C23H27N3O2S2. The van der Waals surface area contributed by atoms with Crippen LogP contribution in [0.15, 0.2) is 51.8 Å². The molecule has 5 nitrogen and oxygen atoms in total. The molecule has 1 aliphatic heterocycles. The quantitative estimate of drug-likeness (QED) is 0.619. The van der Waals surface area contributed by atoms with Crippen molar-refractivity contribution in [3.8, 4) is 5.75 Å². The van der Waals surface area contributed by atoms with Crippen molar-refractivity contribution >= 4 is 45.4 Å². The number of nitrogens with one attached hydrogen (secondary N) is 1. The van der Waals surface area contributed by atoms with Crippen LogP contribution in [0.5, 0.6) is 5.75 Å². The summed E-state index contributed by atoms with van der Waals surface area (Å²) in [4.78, 5) is 23.9. The third-order valence-electron chi connectivity index (χ3n) is 5.28. The Balaban J connectivity index is 1.42. The van der Waals surface area contributed by atoms with Crippen LogP contribution in [0.25, 0.3) is 0 Å². The SMILES string of the molecule is CCOc1ccc(NC(=O)CSC2=NC3(CCCCCC3)N=C2c2cccs2)cc1. The Morgan fingerprint density at radius 1 is 1.13 bits per heavy atom. The van der Waals surface area contributed by atoms with E-state index in [2.05, 4.69) is 16.8 Å². The second-order valence-electron chi connectivity index (χ2n) is 7.55. The molecule has 30 heavy (non-hydrogen) atoms. The lowest BCUT2D eigenvalue weighted by molar-refractivity contribution is -0.113. The number of anilines is 1. The van der Waals surface area contributed by atoms with Gasteiger partial charge < -0.3 is 10.1 Å². The van der Waals surface area contributed by atoms with Gasteiger partial charge in [-0.2, -0.15) is 0 Å². The summed E-state index contributed by atoms with van der Waals surface area (Å²) in [6, 6.07) is 11.6. The van der Waals surface area contributed by atoms with Crippen LogP contribution in [0.3, 0.4) is 0 Å². The van der Waals surface area contributed by atoms with Gasteiger partial charge in [0.15, 0.2) is 5.66 Å². The molecule has 4 rings (SSSR count). The number of hydrogen-bond donors (Lipinski definition) is 1. The van der Waals surface area contributed by atoms with E-state index in [1.807, 2.05) is 37.3 Å². The number of nitrogens with zero attached hydrogens (tertiary/aromatic N) is 2. The second-order valence-corrected chi connectivity index (χ2v) is 9.46. The first-order valence-corrected chi connectivity index (χ1v) is 12.4. The van der Waals surface area contributed by atoms with Crippen LogP contribution < -0.4 is 10.1 Å². The van der Waals surface area contributed by atoms with Gasteiger partial charge >= 0.3 is 0 Å². The van der Waals surface area contributed by atoms with Crippen molar-refractivity contribution in [1.29, 1.82) is 0 Å². The van der Waals surface area contributed by atoms with Crippen LogP contribution in [0.1, 0.15) is 50.3 Å². The lowest BCUT2D eigenvalue weighted by Crippen LogP contribution is -2.20. The molecule has 1 aromatic heterocycles. The maximum absolute atomic E-state index is 12.5. The fourth-order valence-corrected chi connectivity index (χ4v) is 5.49. The van der Waals surface area contributed by atoms with Crippen LogP contribution in [0.4, 0.5) is 5.69 Å².